The van der Waals surface area contributed by atoms with Crippen molar-refractivity contribution in [3.8, 4) is 11.8 Å². The van der Waals surface area contributed by atoms with Gasteiger partial charge >= 0.3 is 37.8 Å². The summed E-state index contributed by atoms with van der Waals surface area (Å²) in [7, 11) is -18.7. The first-order valence-corrected chi connectivity index (χ1v) is 15.0. The molecule has 1 aromatic heterocycles. The van der Waals surface area contributed by atoms with Crippen LogP contribution in [-0.4, -0.2) is 69.4 Å². The van der Waals surface area contributed by atoms with Gasteiger partial charge in [0.25, 0.3) is 0 Å². The third kappa shape index (κ3) is 10.7. The maximum absolute atomic E-state index is 12.2. The van der Waals surface area contributed by atoms with Crippen molar-refractivity contribution in [1.29, 1.82) is 0 Å². The summed E-state index contributed by atoms with van der Waals surface area (Å²) in [6.07, 6.45) is -2.66. The molecule has 19 nitrogen and oxygen atoms in total. The van der Waals surface area contributed by atoms with Crippen molar-refractivity contribution in [3.05, 3.63) is 22.2 Å². The predicted molar refractivity (Wildman–Crippen MR) is 116 cm³/mol. The van der Waals surface area contributed by atoms with Gasteiger partial charge in [-0.2, -0.15) is 9.29 Å². The molecule has 0 saturated carbocycles. The Kier molecular flexibility index (Phi) is 10.9. The number of rotatable bonds is 11. The maximum Gasteiger partial charge on any atom is 0.487 e. The fraction of sp³-hybridized carbons (Fsp3) is 0.538. The summed E-state index contributed by atoms with van der Waals surface area (Å²) >= 11 is 0. The lowest BCUT2D eigenvalue weighted by Crippen LogP contribution is -2.29. The predicted octanol–water partition coefficient (Wildman–Crippen LogP) is -1.21. The lowest BCUT2D eigenvalue weighted by molar-refractivity contribution is -0.0424. The van der Waals surface area contributed by atoms with Gasteiger partial charge in [0.2, 0.25) is 0 Å². The topological polar surface area (TPSA) is 300 Å². The van der Waals surface area contributed by atoms with E-state index < -0.39 is 62.8 Å². The van der Waals surface area contributed by atoms with Crippen LogP contribution >= 0.6 is 32.1 Å². The molecule has 1 aromatic rings. The molecule has 1 aliphatic heterocycles. The summed E-state index contributed by atoms with van der Waals surface area (Å²) in [5.41, 5.74) is 4.85. The molecule has 1 fully saturated rings. The first-order chi connectivity index (χ1) is 16.5. The third-order valence-electron chi connectivity index (χ3n) is 3.94. The highest BCUT2D eigenvalue weighted by Crippen LogP contribution is 2.63. The number of nitrogen functional groups attached to an aromatic ring is 1. The van der Waals surface area contributed by atoms with Gasteiger partial charge < -0.3 is 49.5 Å². The van der Waals surface area contributed by atoms with E-state index in [4.69, 9.17) is 39.5 Å². The van der Waals surface area contributed by atoms with Crippen LogP contribution in [0, 0.1) is 11.8 Å². The largest absolute Gasteiger partial charge is 0.487 e. The van der Waals surface area contributed by atoms with Gasteiger partial charge in [-0.1, -0.05) is 11.8 Å². The number of aliphatic hydroxyl groups is 1. The molecular formula is C13H21N3O16P4. The Labute approximate surface area is 202 Å². The molecule has 2 heterocycles. The molecule has 2 rings (SSSR count). The Morgan fingerprint density at radius 3 is 2.50 bits per heavy atom. The molecule has 0 radical (unpaired) electrons. The van der Waals surface area contributed by atoms with Crippen molar-refractivity contribution in [2.45, 2.75) is 31.3 Å². The van der Waals surface area contributed by atoms with E-state index in [0.717, 1.165) is 4.57 Å². The monoisotopic (exact) mass is 599 g/mol. The number of hydrogen-bond acceptors (Lipinski definition) is 13. The maximum atomic E-state index is 12.2. The van der Waals surface area contributed by atoms with Gasteiger partial charge in [0.05, 0.1) is 24.9 Å². The summed E-state index contributed by atoms with van der Waals surface area (Å²) in [6.45, 7) is -1.02. The third-order valence-corrected chi connectivity index (χ3v) is 7.89. The number of aromatic nitrogens is 2. The van der Waals surface area contributed by atoms with E-state index in [1.165, 1.54) is 6.20 Å². The second-order valence-corrected chi connectivity index (χ2v) is 11.9. The summed E-state index contributed by atoms with van der Waals surface area (Å²) in [5, 5.41) is 10.2. The van der Waals surface area contributed by atoms with E-state index in [9.17, 15) is 28.5 Å². The molecule has 0 aliphatic carbocycles. The van der Waals surface area contributed by atoms with E-state index in [-0.39, 0.29) is 30.8 Å². The Hall–Kier alpha value is -1.12. The average molecular weight is 599 g/mol. The smallest absolute Gasteiger partial charge is 0.390 e. The standard InChI is InChI=1S/C13H21N3O16P4/c14-12-8(3-1-2-4-29-34(20,21)22)6-16(13(18)15-12)11-5-9(17)10(30-11)7-28-33(19)31-36(26,27)32-35(23,24)25/h6,9-11,17,19H,2,4-5,7H2,(H,26,27)(H2,14,15,18)(H2,20,21,22)(H2,23,24,25). The molecule has 0 bridgehead atoms. The van der Waals surface area contributed by atoms with Crippen LogP contribution in [0.3, 0.4) is 0 Å². The number of anilines is 1. The van der Waals surface area contributed by atoms with Gasteiger partial charge in [-0.15, -0.1) is 0 Å². The molecule has 23 heteroatoms. The zero-order valence-electron chi connectivity index (χ0n) is 17.7. The Morgan fingerprint density at radius 2 is 1.89 bits per heavy atom. The van der Waals surface area contributed by atoms with E-state index in [2.05, 4.69) is 30.0 Å². The molecule has 5 atom stereocenters. The van der Waals surface area contributed by atoms with Gasteiger partial charge in [0, 0.05) is 19.0 Å². The first-order valence-electron chi connectivity index (χ1n) is 9.28. The fourth-order valence-electron chi connectivity index (χ4n) is 2.59. The highest BCUT2D eigenvalue weighted by atomic mass is 31.3. The normalized spacial score (nSPS) is 23.0. The van der Waals surface area contributed by atoms with Crippen LogP contribution in [0.5, 0.6) is 0 Å². The lowest BCUT2D eigenvalue weighted by atomic mass is 10.2. The number of aliphatic hydroxyl groups excluding tert-OH is 1. The minimum atomic E-state index is -5.42. The minimum absolute atomic E-state index is 0.0552. The van der Waals surface area contributed by atoms with Crippen LogP contribution in [0.1, 0.15) is 24.6 Å². The molecule has 5 unspecified atom stereocenters. The highest BCUT2D eigenvalue weighted by Gasteiger charge is 2.39. The molecule has 1 aliphatic rings. The van der Waals surface area contributed by atoms with Gasteiger partial charge in [-0.3, -0.25) is 9.09 Å². The molecule has 0 spiro atoms. The summed E-state index contributed by atoms with van der Waals surface area (Å²) in [4.78, 5) is 68.9. The van der Waals surface area contributed by atoms with Crippen molar-refractivity contribution in [2.24, 2.45) is 0 Å². The Morgan fingerprint density at radius 1 is 1.22 bits per heavy atom. The molecule has 204 valence electrons. The summed E-state index contributed by atoms with van der Waals surface area (Å²) in [5.74, 6) is 4.84. The SMILES string of the molecule is Nc1nc(=O)n(C2CC(O)C(COP(O)OP(=O)(O)OP(=O)(O)O)O2)cc1C#CCCOP(=O)(O)O. The van der Waals surface area contributed by atoms with Crippen LogP contribution in [0.4, 0.5) is 5.82 Å². The number of ether oxygens (including phenoxy) is 1. The van der Waals surface area contributed by atoms with E-state index in [0.29, 0.717) is 0 Å². The molecular weight excluding hydrogens is 578 g/mol. The molecule has 9 N–H and O–H groups in total. The first kappa shape index (κ1) is 31.1. The van der Waals surface area contributed by atoms with Crippen molar-refractivity contribution in [2.75, 3.05) is 18.9 Å². The van der Waals surface area contributed by atoms with Gasteiger partial charge in [-0.25, -0.2) is 22.8 Å². The van der Waals surface area contributed by atoms with Crippen LogP contribution in [0.2, 0.25) is 0 Å². The second-order valence-electron chi connectivity index (χ2n) is 6.69. The molecule has 1 saturated heterocycles. The van der Waals surface area contributed by atoms with E-state index in [1.807, 2.05) is 0 Å². The zero-order chi connectivity index (χ0) is 27.3. The molecule has 36 heavy (non-hydrogen) atoms. The Bertz CT molecular complexity index is 1190. The van der Waals surface area contributed by atoms with E-state index >= 15 is 0 Å². The van der Waals surface area contributed by atoms with Crippen molar-refractivity contribution >= 4 is 37.9 Å². The Balaban J connectivity index is 2.00. The quantitative estimate of drug-likeness (QED) is 0.0840. The van der Waals surface area contributed by atoms with Crippen LogP contribution in [-0.2, 0) is 36.1 Å². The minimum Gasteiger partial charge on any atom is -0.390 e. The van der Waals surface area contributed by atoms with Crippen molar-refractivity contribution < 1.29 is 70.6 Å². The fourth-order valence-corrected chi connectivity index (χ4v) is 5.55. The van der Waals surface area contributed by atoms with Gasteiger partial charge in [0.1, 0.15) is 18.1 Å². The van der Waals surface area contributed by atoms with Crippen molar-refractivity contribution in [3.63, 3.8) is 0 Å². The number of nitrogens with two attached hydrogens (primary N) is 1. The number of hydrogen-bond donors (Lipinski definition) is 8. The second kappa shape index (κ2) is 12.6. The van der Waals surface area contributed by atoms with Crippen LogP contribution in [0.25, 0.3) is 0 Å². The molecule has 0 aromatic carbocycles. The number of nitrogens with zero attached hydrogens (tertiary/aromatic N) is 2. The number of phosphoric ester groups is 1. The van der Waals surface area contributed by atoms with Crippen LogP contribution < -0.4 is 11.4 Å². The lowest BCUT2D eigenvalue weighted by Gasteiger charge is -2.19. The van der Waals surface area contributed by atoms with Crippen LogP contribution in [0.15, 0.2) is 11.0 Å². The molecule has 0 amide bonds. The zero-order valence-corrected chi connectivity index (χ0v) is 21.3. The number of phosphoric acid groups is 3. The van der Waals surface area contributed by atoms with Gasteiger partial charge in [0.15, 0.2) is 0 Å². The van der Waals surface area contributed by atoms with Crippen molar-refractivity contribution in [1.82, 2.24) is 9.55 Å². The average Bonchev–Trinajstić information content (AvgIpc) is 3.04. The summed E-state index contributed by atoms with van der Waals surface area (Å²) < 4.78 is 55.6. The van der Waals surface area contributed by atoms with E-state index in [1.54, 1.807) is 0 Å². The van der Waals surface area contributed by atoms with Gasteiger partial charge in [-0.05, 0) is 0 Å². The summed E-state index contributed by atoms with van der Waals surface area (Å²) in [6, 6.07) is 0. The highest BCUT2D eigenvalue weighted by molar-refractivity contribution is 7.65.